The van der Waals surface area contributed by atoms with Gasteiger partial charge in [0.25, 0.3) is 5.91 Å². The Morgan fingerprint density at radius 1 is 1.03 bits per heavy atom. The van der Waals surface area contributed by atoms with Gasteiger partial charge in [0.05, 0.1) is 7.11 Å². The van der Waals surface area contributed by atoms with Crippen LogP contribution in [0.4, 0.5) is 11.5 Å². The number of carbonyl (C=O) groups excluding carboxylic acids is 1. The van der Waals surface area contributed by atoms with Gasteiger partial charge in [-0.25, -0.2) is 9.97 Å². The third-order valence-corrected chi connectivity index (χ3v) is 4.53. The lowest BCUT2D eigenvalue weighted by Crippen LogP contribution is -2.24. The molecular weight excluding hydrogens is 364 g/mol. The normalized spacial score (nSPS) is 10.7. The molecule has 6 nitrogen and oxygen atoms in total. The smallest absolute Gasteiger partial charge is 0.270 e. The van der Waals surface area contributed by atoms with Gasteiger partial charge in [0.1, 0.15) is 23.1 Å². The van der Waals surface area contributed by atoms with Gasteiger partial charge < -0.3 is 15.4 Å². The Balaban J connectivity index is 1.67. The maximum Gasteiger partial charge on any atom is 0.270 e. The van der Waals surface area contributed by atoms with E-state index in [0.29, 0.717) is 29.8 Å². The second-order valence-electron chi connectivity index (χ2n) is 7.12. The summed E-state index contributed by atoms with van der Waals surface area (Å²) in [6.45, 7) is 6.50. The highest BCUT2D eigenvalue weighted by Crippen LogP contribution is 2.20. The molecule has 6 heteroatoms. The zero-order valence-electron chi connectivity index (χ0n) is 17.2. The third kappa shape index (κ3) is 5.54. The highest BCUT2D eigenvalue weighted by atomic mass is 16.5. The molecule has 3 aromatic rings. The number of nitrogens with one attached hydrogen (secondary N) is 2. The number of aromatic nitrogens is 2. The van der Waals surface area contributed by atoms with E-state index in [9.17, 15) is 4.79 Å². The van der Waals surface area contributed by atoms with Gasteiger partial charge in [-0.3, -0.25) is 4.79 Å². The van der Waals surface area contributed by atoms with Crippen molar-refractivity contribution in [2.24, 2.45) is 0 Å². The fourth-order valence-corrected chi connectivity index (χ4v) is 2.86. The first-order chi connectivity index (χ1) is 13.9. The summed E-state index contributed by atoms with van der Waals surface area (Å²) in [7, 11) is 1.62. The molecule has 0 fully saturated rings. The quantitative estimate of drug-likeness (QED) is 0.617. The van der Waals surface area contributed by atoms with Crippen molar-refractivity contribution < 1.29 is 9.53 Å². The van der Waals surface area contributed by atoms with Gasteiger partial charge in [0.2, 0.25) is 0 Å². The van der Waals surface area contributed by atoms with Crippen molar-refractivity contribution in [2.75, 3.05) is 12.4 Å². The molecule has 0 spiro atoms. The van der Waals surface area contributed by atoms with Gasteiger partial charge in [-0.1, -0.05) is 38.1 Å². The van der Waals surface area contributed by atoms with E-state index in [2.05, 4.69) is 46.6 Å². The highest BCUT2D eigenvalue weighted by molar-refractivity contribution is 5.93. The van der Waals surface area contributed by atoms with Crippen LogP contribution in [0.3, 0.4) is 0 Å². The summed E-state index contributed by atoms with van der Waals surface area (Å²) in [5.74, 6) is 2.13. The van der Waals surface area contributed by atoms with Gasteiger partial charge >= 0.3 is 0 Å². The zero-order chi connectivity index (χ0) is 20.8. The molecule has 1 heterocycles. The molecule has 2 N–H and O–H groups in total. The van der Waals surface area contributed by atoms with Crippen molar-refractivity contribution in [3.05, 3.63) is 77.2 Å². The topological polar surface area (TPSA) is 76.1 Å². The van der Waals surface area contributed by atoms with Crippen LogP contribution in [0.1, 0.15) is 47.2 Å². The average molecular weight is 390 g/mol. The highest BCUT2D eigenvalue weighted by Gasteiger charge is 2.11. The summed E-state index contributed by atoms with van der Waals surface area (Å²) in [4.78, 5) is 21.2. The third-order valence-electron chi connectivity index (χ3n) is 4.53. The molecule has 0 aliphatic heterocycles. The van der Waals surface area contributed by atoms with E-state index in [1.165, 1.54) is 5.56 Å². The number of anilines is 2. The predicted octanol–water partition coefficient (Wildman–Crippen LogP) is 4.59. The second kappa shape index (κ2) is 9.19. The van der Waals surface area contributed by atoms with Gasteiger partial charge in [-0.2, -0.15) is 0 Å². The first-order valence-corrected chi connectivity index (χ1v) is 9.58. The fourth-order valence-electron chi connectivity index (χ4n) is 2.86. The number of methoxy groups -OCH3 is 1. The van der Waals surface area contributed by atoms with Crippen molar-refractivity contribution in [3.8, 4) is 5.75 Å². The summed E-state index contributed by atoms with van der Waals surface area (Å²) in [5.41, 5.74) is 3.49. The Hall–Kier alpha value is -3.41. The number of hydrogen-bond donors (Lipinski definition) is 2. The number of amides is 1. The molecule has 0 aliphatic carbocycles. The van der Waals surface area contributed by atoms with Crippen molar-refractivity contribution >= 4 is 17.4 Å². The Kier molecular flexibility index (Phi) is 6.44. The average Bonchev–Trinajstić information content (AvgIpc) is 2.72. The number of aryl methyl sites for hydroxylation is 1. The van der Waals surface area contributed by atoms with E-state index >= 15 is 0 Å². The molecule has 150 valence electrons. The number of rotatable bonds is 7. The molecular formula is C23H26N4O2. The fraction of sp³-hybridized carbons (Fsp3) is 0.261. The van der Waals surface area contributed by atoms with Gasteiger partial charge in [-0.15, -0.1) is 0 Å². The number of carbonyl (C=O) groups is 1. The van der Waals surface area contributed by atoms with Crippen LogP contribution < -0.4 is 15.4 Å². The van der Waals surface area contributed by atoms with Crippen molar-refractivity contribution in [1.29, 1.82) is 0 Å². The maximum atomic E-state index is 12.6. The molecule has 2 aromatic carbocycles. The number of hydrogen-bond acceptors (Lipinski definition) is 5. The molecule has 0 unspecified atom stereocenters. The van der Waals surface area contributed by atoms with Crippen molar-refractivity contribution in [1.82, 2.24) is 15.3 Å². The van der Waals surface area contributed by atoms with Crippen LogP contribution in [-0.4, -0.2) is 23.0 Å². The SMILES string of the molecule is COc1ccc(CNC(=O)c2cc(Nc3ccc(C(C)C)cc3)nc(C)n2)cc1. The molecule has 1 aromatic heterocycles. The van der Waals surface area contributed by atoms with Gasteiger partial charge in [0, 0.05) is 18.3 Å². The molecule has 1 amide bonds. The number of nitrogens with zero attached hydrogens (tertiary/aromatic N) is 2. The van der Waals surface area contributed by atoms with Gasteiger partial charge in [-0.05, 0) is 48.2 Å². The lowest BCUT2D eigenvalue weighted by molar-refractivity contribution is 0.0945. The predicted molar refractivity (Wildman–Crippen MR) is 115 cm³/mol. The van der Waals surface area contributed by atoms with Crippen LogP contribution in [-0.2, 0) is 6.54 Å². The van der Waals surface area contributed by atoms with Crippen LogP contribution in [0.5, 0.6) is 5.75 Å². The molecule has 3 rings (SSSR count). The molecule has 0 radical (unpaired) electrons. The first kappa shape index (κ1) is 20.3. The van der Waals surface area contributed by atoms with E-state index in [1.807, 2.05) is 36.4 Å². The molecule has 0 bridgehead atoms. The van der Waals surface area contributed by atoms with Crippen LogP contribution >= 0.6 is 0 Å². The zero-order valence-corrected chi connectivity index (χ0v) is 17.2. The summed E-state index contributed by atoms with van der Waals surface area (Å²) in [5, 5.41) is 6.14. The van der Waals surface area contributed by atoms with Crippen LogP contribution in [0.25, 0.3) is 0 Å². The van der Waals surface area contributed by atoms with E-state index in [-0.39, 0.29) is 5.91 Å². The number of ether oxygens (including phenoxy) is 1. The Bertz CT molecular complexity index is 967. The molecule has 0 aliphatic rings. The minimum absolute atomic E-state index is 0.246. The molecule has 0 saturated heterocycles. The molecule has 0 saturated carbocycles. The summed E-state index contributed by atoms with van der Waals surface area (Å²) in [6.07, 6.45) is 0. The largest absolute Gasteiger partial charge is 0.497 e. The summed E-state index contributed by atoms with van der Waals surface area (Å²) < 4.78 is 5.15. The monoisotopic (exact) mass is 390 g/mol. The van der Waals surface area contributed by atoms with Crippen LogP contribution in [0, 0.1) is 6.92 Å². The van der Waals surface area contributed by atoms with E-state index in [0.717, 1.165) is 17.0 Å². The van der Waals surface area contributed by atoms with Crippen molar-refractivity contribution in [2.45, 2.75) is 33.2 Å². The van der Waals surface area contributed by atoms with E-state index < -0.39 is 0 Å². The standard InChI is InChI=1S/C23H26N4O2/c1-15(2)18-7-9-19(10-8-18)27-22-13-21(25-16(3)26-22)23(28)24-14-17-5-11-20(29-4)12-6-17/h5-13,15H,14H2,1-4H3,(H,24,28)(H,25,26,27). The summed E-state index contributed by atoms with van der Waals surface area (Å²) >= 11 is 0. The van der Waals surface area contributed by atoms with Crippen LogP contribution in [0.2, 0.25) is 0 Å². The first-order valence-electron chi connectivity index (χ1n) is 9.58. The second-order valence-corrected chi connectivity index (χ2v) is 7.12. The molecule has 29 heavy (non-hydrogen) atoms. The minimum Gasteiger partial charge on any atom is -0.497 e. The van der Waals surface area contributed by atoms with Gasteiger partial charge in [0.15, 0.2) is 0 Å². The van der Waals surface area contributed by atoms with E-state index in [1.54, 1.807) is 20.1 Å². The van der Waals surface area contributed by atoms with E-state index in [4.69, 9.17) is 4.74 Å². The Morgan fingerprint density at radius 3 is 2.34 bits per heavy atom. The Labute approximate surface area is 171 Å². The lowest BCUT2D eigenvalue weighted by atomic mass is 10.0. The van der Waals surface area contributed by atoms with Crippen molar-refractivity contribution in [3.63, 3.8) is 0 Å². The number of benzene rings is 2. The van der Waals surface area contributed by atoms with Crippen LogP contribution in [0.15, 0.2) is 54.6 Å². The summed E-state index contributed by atoms with van der Waals surface area (Å²) in [6, 6.07) is 17.4. The molecule has 0 atom stereocenters. The lowest BCUT2D eigenvalue weighted by Gasteiger charge is -2.11. The minimum atomic E-state index is -0.246. The maximum absolute atomic E-state index is 12.6. The Morgan fingerprint density at radius 2 is 1.72 bits per heavy atom.